The minimum Gasteiger partial charge on any atom is -0.394 e. The van der Waals surface area contributed by atoms with Crippen LogP contribution in [0.3, 0.4) is 0 Å². The summed E-state index contributed by atoms with van der Waals surface area (Å²) >= 11 is 0. The van der Waals surface area contributed by atoms with Gasteiger partial charge in [0.15, 0.2) is 52.8 Å². The van der Waals surface area contributed by atoms with Crippen molar-refractivity contribution in [3.05, 3.63) is 58.8 Å². The number of fused-ring (bicyclic) bond motifs is 3. The number of alkyl halides is 3. The summed E-state index contributed by atoms with van der Waals surface area (Å²) in [4.78, 5) is 48.1. The second kappa shape index (κ2) is 17.5. The molecule has 0 spiro atoms. The first-order valence-electron chi connectivity index (χ1n) is 16.9. The van der Waals surface area contributed by atoms with Crippen LogP contribution in [0.15, 0.2) is 47.9 Å². The minimum atomic E-state index is -1.28. The molecular weight excluding hydrogens is 765 g/mol. The summed E-state index contributed by atoms with van der Waals surface area (Å²) in [5.41, 5.74) is 15.6. The Balaban J connectivity index is 0.000000144. The highest BCUT2D eigenvalue weighted by Gasteiger charge is 2.39. The van der Waals surface area contributed by atoms with E-state index >= 15 is 0 Å². The molecule has 0 aliphatic carbocycles. The first kappa shape index (κ1) is 40.8. The van der Waals surface area contributed by atoms with Crippen LogP contribution in [0.25, 0.3) is 43.9 Å². The number of nitrogens with one attached hydrogen (secondary N) is 1. The molecule has 9 heterocycles. The van der Waals surface area contributed by atoms with Gasteiger partial charge in [0, 0.05) is 24.2 Å². The van der Waals surface area contributed by atoms with Crippen LogP contribution in [0.5, 0.6) is 0 Å². The molecule has 3 aliphatic heterocycles. The average Bonchev–Trinajstić information content (AvgIpc) is 4.06. The number of hydrogen-bond acceptors (Lipinski definition) is 17. The van der Waals surface area contributed by atoms with Crippen molar-refractivity contribution in [1.82, 2.24) is 58.6 Å². The van der Waals surface area contributed by atoms with Gasteiger partial charge in [-0.2, -0.15) is 0 Å². The second-order valence-electron chi connectivity index (χ2n) is 12.6. The molecule has 26 heteroatoms. The molecule has 6 aromatic rings. The summed E-state index contributed by atoms with van der Waals surface area (Å²) in [6.45, 7) is -0.694. The summed E-state index contributed by atoms with van der Waals surface area (Å²) in [7, 11) is 0. The van der Waals surface area contributed by atoms with Gasteiger partial charge in [0.1, 0.15) is 42.2 Å². The molecule has 304 valence electrons. The van der Waals surface area contributed by atoms with Crippen LogP contribution in [0.1, 0.15) is 45.4 Å². The van der Waals surface area contributed by atoms with E-state index in [1.165, 1.54) is 51.7 Å². The highest BCUT2D eigenvalue weighted by molar-refractivity contribution is 5.81. The molecule has 0 bridgehead atoms. The van der Waals surface area contributed by atoms with Crippen molar-refractivity contribution in [2.24, 2.45) is 5.11 Å². The maximum absolute atomic E-state index is 14.0. The van der Waals surface area contributed by atoms with Crippen LogP contribution in [-0.4, -0.2) is 131 Å². The van der Waals surface area contributed by atoms with Gasteiger partial charge in [0.25, 0.3) is 5.56 Å². The maximum Gasteiger partial charge on any atom is 0.278 e. The number of halogens is 3. The Morgan fingerprint density at radius 1 is 0.719 bits per heavy atom. The number of nitrogens with two attached hydrogens (primary N) is 1. The number of H-pyrrole nitrogens is 1. The number of aromatic amines is 1. The lowest BCUT2D eigenvalue weighted by Crippen LogP contribution is -2.17. The predicted molar refractivity (Wildman–Crippen MR) is 190 cm³/mol. The van der Waals surface area contributed by atoms with E-state index in [1.54, 1.807) is 0 Å². The van der Waals surface area contributed by atoms with Gasteiger partial charge in [-0.1, -0.05) is 7.43 Å². The average molecular weight is 803 g/mol. The second-order valence-corrected chi connectivity index (χ2v) is 12.6. The molecule has 3 fully saturated rings. The lowest BCUT2D eigenvalue weighted by atomic mass is 10.2. The smallest absolute Gasteiger partial charge is 0.278 e. The van der Waals surface area contributed by atoms with Crippen LogP contribution in [0.2, 0.25) is 0 Å². The third kappa shape index (κ3) is 8.04. The SMILES string of the molecule is C.Nc1ncnc2c1ncn2C1OC(CO)CC1F.O=c1[nH]cnc2c1ncn2C1OC(CO)CC1F.[N-]=[N+]=Nc1ncnc2c1ncn2C1OC(CO)CC1F. The number of imidazole rings is 3. The Morgan fingerprint density at radius 3 is 1.63 bits per heavy atom. The number of nitrogen functional groups attached to an aromatic ring is 1. The van der Waals surface area contributed by atoms with E-state index in [1.807, 2.05) is 0 Å². The number of azide groups is 1. The zero-order valence-electron chi connectivity index (χ0n) is 28.8. The molecule has 57 heavy (non-hydrogen) atoms. The molecule has 6 N–H and O–H groups in total. The van der Waals surface area contributed by atoms with Crippen molar-refractivity contribution in [2.75, 3.05) is 25.6 Å². The van der Waals surface area contributed by atoms with E-state index in [0.717, 1.165) is 0 Å². The lowest BCUT2D eigenvalue weighted by molar-refractivity contribution is -0.0351. The van der Waals surface area contributed by atoms with E-state index in [4.69, 9.17) is 40.8 Å². The van der Waals surface area contributed by atoms with Gasteiger partial charge in [0.2, 0.25) is 0 Å². The van der Waals surface area contributed by atoms with E-state index < -0.39 is 55.5 Å². The zero-order valence-corrected chi connectivity index (χ0v) is 28.8. The van der Waals surface area contributed by atoms with Crippen molar-refractivity contribution in [2.45, 2.75) is 82.2 Å². The van der Waals surface area contributed by atoms with Crippen molar-refractivity contribution < 1.29 is 42.7 Å². The molecule has 3 saturated heterocycles. The monoisotopic (exact) mass is 802 g/mol. The number of rotatable bonds is 7. The first-order valence-corrected chi connectivity index (χ1v) is 16.9. The van der Waals surface area contributed by atoms with Crippen molar-refractivity contribution >= 4 is 45.1 Å². The zero-order chi connectivity index (χ0) is 39.5. The van der Waals surface area contributed by atoms with Crippen molar-refractivity contribution in [3.63, 3.8) is 0 Å². The number of anilines is 1. The third-order valence-electron chi connectivity index (χ3n) is 9.05. The molecular formula is C31H37F3N16O7. The molecule has 3 aliphatic rings. The predicted octanol–water partition coefficient (Wildman–Crippen LogP) is 1.79. The summed E-state index contributed by atoms with van der Waals surface area (Å²) < 4.78 is 62.1. The van der Waals surface area contributed by atoms with Gasteiger partial charge < -0.3 is 40.2 Å². The molecule has 9 unspecified atom stereocenters. The quantitative estimate of drug-likeness (QED) is 0.0873. The van der Waals surface area contributed by atoms with Gasteiger partial charge >= 0.3 is 0 Å². The van der Waals surface area contributed by atoms with Crippen molar-refractivity contribution in [3.8, 4) is 0 Å². The molecule has 9 atom stereocenters. The normalized spacial score (nSPS) is 26.7. The van der Waals surface area contributed by atoms with Gasteiger partial charge in [0.05, 0.1) is 63.4 Å². The Bertz CT molecular complexity index is 2410. The van der Waals surface area contributed by atoms with Gasteiger partial charge in [-0.3, -0.25) is 18.5 Å². The van der Waals surface area contributed by atoms with Gasteiger partial charge in [-0.05, 0) is 10.6 Å². The summed E-state index contributed by atoms with van der Waals surface area (Å²) in [6.07, 6.45) is 0.223. The van der Waals surface area contributed by atoms with Crippen LogP contribution < -0.4 is 11.3 Å². The number of aliphatic hydroxyl groups is 3. The molecule has 6 aromatic heterocycles. The molecule has 0 aromatic carbocycles. The number of nitrogens with zero attached hydrogens (tertiary/aromatic N) is 14. The fourth-order valence-electron chi connectivity index (χ4n) is 6.44. The number of aliphatic hydroxyl groups excluding tert-OH is 3. The lowest BCUT2D eigenvalue weighted by Gasteiger charge is -2.15. The van der Waals surface area contributed by atoms with Crippen LogP contribution in [0.4, 0.5) is 24.8 Å². The Hall–Kier alpha value is -5.89. The molecule has 0 saturated carbocycles. The molecule has 0 amide bonds. The van der Waals surface area contributed by atoms with Gasteiger partial charge in [-0.15, -0.1) is 0 Å². The molecule has 23 nitrogen and oxygen atoms in total. The van der Waals surface area contributed by atoms with Crippen LogP contribution >= 0.6 is 0 Å². The standard InChI is InChI=1S/C10H10FN7O2.C10H12FN5O2.C10H11FN4O3.CH4/c11-6-1-5(2-19)20-10(6)18-4-15-7-8(16-17-12)13-3-14-9(7)18;11-6-1-5(2-17)18-10(6)16-4-15-7-8(12)13-3-14-9(7)16;11-6-1-5(2-16)18-10(6)15-4-14-7-8(15)12-3-13-9(7)17;/h3-6,10,19H,1-2H2;3-6,10,17H,1-2H2,(H2,12,13,14);3-6,10,16H,1-2H2,(H,12,13,17);1H4. The largest absolute Gasteiger partial charge is 0.394 e. The topological polar surface area (TPSA) is 314 Å². The summed E-state index contributed by atoms with van der Waals surface area (Å²) in [6, 6.07) is 0. The Morgan fingerprint density at radius 2 is 1.16 bits per heavy atom. The Labute approximate surface area is 318 Å². The third-order valence-corrected chi connectivity index (χ3v) is 9.05. The van der Waals surface area contributed by atoms with Crippen LogP contribution in [0, 0.1) is 0 Å². The summed E-state index contributed by atoms with van der Waals surface area (Å²) in [5.74, 6) is 0.314. The van der Waals surface area contributed by atoms with Crippen LogP contribution in [-0.2, 0) is 14.2 Å². The fourth-order valence-corrected chi connectivity index (χ4v) is 6.44. The number of aromatic nitrogens is 12. The summed E-state index contributed by atoms with van der Waals surface area (Å²) in [5, 5.41) is 30.4. The molecule has 9 rings (SSSR count). The molecule has 0 radical (unpaired) electrons. The highest BCUT2D eigenvalue weighted by atomic mass is 19.1. The number of ether oxygens (including phenoxy) is 3. The Kier molecular flexibility index (Phi) is 12.5. The minimum absolute atomic E-state index is 0. The maximum atomic E-state index is 14.0. The highest BCUT2D eigenvalue weighted by Crippen LogP contribution is 2.35. The van der Waals surface area contributed by atoms with E-state index in [-0.39, 0.29) is 80.4 Å². The fraction of sp³-hybridized carbons (Fsp3) is 0.516. The first-order chi connectivity index (χ1) is 27.1. The van der Waals surface area contributed by atoms with E-state index in [9.17, 15) is 18.0 Å². The van der Waals surface area contributed by atoms with E-state index in [0.29, 0.717) is 16.8 Å². The number of hydrogen-bond donors (Lipinski definition) is 5. The van der Waals surface area contributed by atoms with Gasteiger partial charge in [-0.25, -0.2) is 53.0 Å². The van der Waals surface area contributed by atoms with Crippen molar-refractivity contribution in [1.29, 1.82) is 0 Å². The van der Waals surface area contributed by atoms with E-state index in [2.05, 4.69) is 54.9 Å².